The van der Waals surface area contributed by atoms with Crippen molar-refractivity contribution in [3.05, 3.63) is 88.4 Å². The molecule has 21 heavy (non-hydrogen) atoms. The number of rotatable bonds is 3. The van der Waals surface area contributed by atoms with E-state index in [0.29, 0.717) is 0 Å². The lowest BCUT2D eigenvalue weighted by molar-refractivity contribution is 1.69. The first-order valence-corrected chi connectivity index (χ1v) is 9.12. The van der Waals surface area contributed by atoms with Crippen molar-refractivity contribution >= 4 is 51.4 Å². The first kappa shape index (κ1) is 14.8. The monoisotopic (exact) mass is 374 g/mol. The van der Waals surface area contributed by atoms with Crippen LogP contribution in [0.3, 0.4) is 0 Å². The Morgan fingerprint density at radius 2 is 1.24 bits per heavy atom. The maximum absolute atomic E-state index is 6.49. The van der Waals surface area contributed by atoms with E-state index >= 15 is 0 Å². The highest BCUT2D eigenvalue weighted by atomic mass is 79.9. The van der Waals surface area contributed by atoms with Gasteiger partial charge in [-0.05, 0) is 36.7 Å². The third-order valence-corrected chi connectivity index (χ3v) is 6.61. The second-order valence-corrected chi connectivity index (χ2v) is 8.11. The molecule has 0 amide bonds. The molecule has 0 aliphatic heterocycles. The Morgan fingerprint density at radius 1 is 0.714 bits per heavy atom. The minimum atomic E-state index is -0.645. The third-order valence-electron chi connectivity index (χ3n) is 3.18. The van der Waals surface area contributed by atoms with Crippen molar-refractivity contribution in [2.24, 2.45) is 0 Å². The normalized spacial score (nSPS) is 10.8. The topological polar surface area (TPSA) is 0 Å². The lowest BCUT2D eigenvalue weighted by Gasteiger charge is -2.20. The summed E-state index contributed by atoms with van der Waals surface area (Å²) in [6.45, 7) is 0. The summed E-state index contributed by atoms with van der Waals surface area (Å²) in [4.78, 5) is 0. The molecule has 0 unspecified atom stereocenters. The average Bonchev–Trinajstić information content (AvgIpc) is 2.53. The molecular weight excluding hydrogens is 363 g/mol. The first-order valence-electron chi connectivity index (χ1n) is 6.61. The van der Waals surface area contributed by atoms with Gasteiger partial charge in [0.05, 0.1) is 0 Å². The van der Waals surface area contributed by atoms with Gasteiger partial charge in [-0.15, -0.1) is 0 Å². The Bertz CT molecular complexity index is 689. The zero-order valence-electron chi connectivity index (χ0n) is 11.2. The summed E-state index contributed by atoms with van der Waals surface area (Å²) in [6.07, 6.45) is 0. The summed E-state index contributed by atoms with van der Waals surface area (Å²) in [5.41, 5.74) is 0. The quantitative estimate of drug-likeness (QED) is 0.574. The molecule has 0 heterocycles. The van der Waals surface area contributed by atoms with Crippen LogP contribution in [-0.4, -0.2) is 0 Å². The fourth-order valence-electron chi connectivity index (χ4n) is 2.24. The van der Waals surface area contributed by atoms with E-state index in [0.717, 1.165) is 9.50 Å². The van der Waals surface area contributed by atoms with Gasteiger partial charge in [-0.2, -0.15) is 0 Å². The van der Waals surface area contributed by atoms with Crippen LogP contribution >= 0.6 is 35.5 Å². The van der Waals surface area contributed by atoms with Crippen LogP contribution < -0.4 is 15.9 Å². The highest BCUT2D eigenvalue weighted by Crippen LogP contribution is 2.36. The van der Waals surface area contributed by atoms with Crippen LogP contribution in [0.5, 0.6) is 0 Å². The smallest absolute Gasteiger partial charge is 0.0490 e. The number of hydrogen-bond acceptors (Lipinski definition) is 0. The molecule has 0 radical (unpaired) electrons. The SMILES string of the molecule is Clc1ccc(Br)cc1P(c1ccccc1)c1ccccc1. The fraction of sp³-hybridized carbons (Fsp3) is 0. The standard InChI is InChI=1S/C18H13BrClP/c19-14-11-12-17(20)18(13-14)21(15-7-3-1-4-8-15)16-9-5-2-6-10-16/h1-13H. The zero-order chi connectivity index (χ0) is 14.7. The Morgan fingerprint density at radius 3 is 1.76 bits per heavy atom. The molecule has 3 aromatic carbocycles. The molecule has 3 aromatic rings. The third kappa shape index (κ3) is 3.37. The summed E-state index contributed by atoms with van der Waals surface area (Å²) >= 11 is 10.0. The molecule has 0 nitrogen and oxygen atoms in total. The predicted octanol–water partition coefficient (Wildman–Crippen LogP) is 4.86. The predicted molar refractivity (Wildman–Crippen MR) is 97.9 cm³/mol. The average molecular weight is 376 g/mol. The first-order chi connectivity index (χ1) is 10.3. The van der Waals surface area contributed by atoms with E-state index in [-0.39, 0.29) is 0 Å². The molecular formula is C18H13BrClP. The second-order valence-electron chi connectivity index (χ2n) is 4.60. The highest BCUT2D eigenvalue weighted by Gasteiger charge is 2.18. The van der Waals surface area contributed by atoms with Crippen molar-refractivity contribution in [1.82, 2.24) is 0 Å². The van der Waals surface area contributed by atoms with Crippen LogP contribution in [0, 0.1) is 0 Å². The molecule has 3 heteroatoms. The van der Waals surface area contributed by atoms with Crippen molar-refractivity contribution in [2.75, 3.05) is 0 Å². The lowest BCUT2D eigenvalue weighted by atomic mass is 10.3. The Labute approximate surface area is 139 Å². The molecule has 0 N–H and O–H groups in total. The molecule has 0 aliphatic rings. The van der Waals surface area contributed by atoms with E-state index in [2.05, 4.69) is 70.5 Å². The van der Waals surface area contributed by atoms with Crippen LogP contribution in [-0.2, 0) is 0 Å². The van der Waals surface area contributed by atoms with Gasteiger partial charge in [0.15, 0.2) is 0 Å². The van der Waals surface area contributed by atoms with Crippen molar-refractivity contribution in [3.63, 3.8) is 0 Å². The molecule has 0 saturated carbocycles. The van der Waals surface area contributed by atoms with E-state index in [9.17, 15) is 0 Å². The van der Waals surface area contributed by atoms with Gasteiger partial charge in [0.25, 0.3) is 0 Å². The van der Waals surface area contributed by atoms with Crippen LogP contribution in [0.4, 0.5) is 0 Å². The van der Waals surface area contributed by atoms with Gasteiger partial charge in [-0.25, -0.2) is 0 Å². The Kier molecular flexibility index (Phi) is 4.75. The second kappa shape index (κ2) is 6.75. The minimum Gasteiger partial charge on any atom is -0.0836 e. The molecule has 0 atom stereocenters. The van der Waals surface area contributed by atoms with Crippen LogP contribution in [0.1, 0.15) is 0 Å². The van der Waals surface area contributed by atoms with Gasteiger partial charge in [0.1, 0.15) is 0 Å². The summed E-state index contributed by atoms with van der Waals surface area (Å²) < 4.78 is 1.06. The maximum Gasteiger partial charge on any atom is 0.0490 e. The van der Waals surface area contributed by atoms with Gasteiger partial charge in [0, 0.05) is 14.8 Å². The van der Waals surface area contributed by atoms with Crippen molar-refractivity contribution in [2.45, 2.75) is 0 Å². The summed E-state index contributed by atoms with van der Waals surface area (Å²) in [5, 5.41) is 4.60. The molecule has 0 bridgehead atoms. The summed E-state index contributed by atoms with van der Waals surface area (Å²) in [7, 11) is -0.645. The summed E-state index contributed by atoms with van der Waals surface area (Å²) in [5.74, 6) is 0. The number of benzene rings is 3. The molecule has 3 rings (SSSR count). The van der Waals surface area contributed by atoms with E-state index < -0.39 is 7.92 Å². The van der Waals surface area contributed by atoms with Gasteiger partial charge < -0.3 is 0 Å². The minimum absolute atomic E-state index is 0.645. The molecule has 0 saturated heterocycles. The molecule has 0 spiro atoms. The van der Waals surface area contributed by atoms with Crippen LogP contribution in [0.15, 0.2) is 83.3 Å². The van der Waals surface area contributed by atoms with E-state index in [1.807, 2.05) is 24.3 Å². The van der Waals surface area contributed by atoms with Gasteiger partial charge >= 0.3 is 0 Å². The Balaban J connectivity index is 2.20. The fourth-order valence-corrected chi connectivity index (χ4v) is 5.50. The van der Waals surface area contributed by atoms with Crippen molar-refractivity contribution in [3.8, 4) is 0 Å². The van der Waals surface area contributed by atoms with E-state index in [4.69, 9.17) is 11.6 Å². The van der Waals surface area contributed by atoms with Gasteiger partial charge in [-0.1, -0.05) is 88.2 Å². The lowest BCUT2D eigenvalue weighted by Crippen LogP contribution is -2.21. The summed E-state index contributed by atoms with van der Waals surface area (Å²) in [6, 6.07) is 27.2. The maximum atomic E-state index is 6.49. The van der Waals surface area contributed by atoms with Crippen molar-refractivity contribution in [1.29, 1.82) is 0 Å². The number of hydrogen-bond donors (Lipinski definition) is 0. The largest absolute Gasteiger partial charge is 0.0836 e. The molecule has 0 aromatic heterocycles. The zero-order valence-corrected chi connectivity index (χ0v) is 14.4. The van der Waals surface area contributed by atoms with Gasteiger partial charge in [0.2, 0.25) is 0 Å². The highest BCUT2D eigenvalue weighted by molar-refractivity contribution is 9.10. The van der Waals surface area contributed by atoms with E-state index in [1.165, 1.54) is 15.9 Å². The molecule has 104 valence electrons. The van der Waals surface area contributed by atoms with Crippen LogP contribution in [0.25, 0.3) is 0 Å². The van der Waals surface area contributed by atoms with E-state index in [1.54, 1.807) is 0 Å². The van der Waals surface area contributed by atoms with Gasteiger partial charge in [-0.3, -0.25) is 0 Å². The molecule has 0 fully saturated rings. The van der Waals surface area contributed by atoms with Crippen LogP contribution in [0.2, 0.25) is 5.02 Å². The molecule has 0 aliphatic carbocycles. The van der Waals surface area contributed by atoms with Crippen molar-refractivity contribution < 1.29 is 0 Å². The number of halogens is 2. The Hall–Kier alpha value is -1.14.